The van der Waals surface area contributed by atoms with E-state index in [4.69, 9.17) is 5.73 Å². The Morgan fingerprint density at radius 3 is 2.64 bits per heavy atom. The van der Waals surface area contributed by atoms with Crippen LogP contribution >= 0.6 is 0 Å². The molecule has 0 saturated carbocycles. The third-order valence-corrected chi connectivity index (χ3v) is 2.62. The zero-order valence-corrected chi connectivity index (χ0v) is 8.46. The summed E-state index contributed by atoms with van der Waals surface area (Å²) < 4.78 is 0. The minimum atomic E-state index is 0.567. The average molecular weight is 188 g/mol. The van der Waals surface area contributed by atoms with Gasteiger partial charge < -0.3 is 11.1 Å². The molecule has 3 N–H and O–H groups in total. The first-order chi connectivity index (χ1) is 6.75. The van der Waals surface area contributed by atoms with Gasteiger partial charge in [0, 0.05) is 17.4 Å². The van der Waals surface area contributed by atoms with E-state index in [1.54, 1.807) is 0 Å². The van der Waals surface area contributed by atoms with Crippen LogP contribution in [-0.4, -0.2) is 6.04 Å². The molecule has 1 aromatic rings. The van der Waals surface area contributed by atoms with E-state index in [0.717, 1.165) is 18.5 Å². The summed E-state index contributed by atoms with van der Waals surface area (Å²) in [6, 6.07) is 6.57. The molecule has 2 rings (SSSR count). The molecule has 0 atom stereocenters. The topological polar surface area (TPSA) is 38.0 Å². The van der Waals surface area contributed by atoms with Gasteiger partial charge in [0.15, 0.2) is 0 Å². The fourth-order valence-electron chi connectivity index (χ4n) is 1.80. The number of hydrogen-bond donors (Lipinski definition) is 2. The van der Waals surface area contributed by atoms with Crippen LogP contribution in [0.5, 0.6) is 0 Å². The van der Waals surface area contributed by atoms with Crippen molar-refractivity contribution in [2.45, 2.75) is 25.8 Å². The number of hydrogen-bond acceptors (Lipinski definition) is 2. The van der Waals surface area contributed by atoms with Gasteiger partial charge in [-0.05, 0) is 43.5 Å². The van der Waals surface area contributed by atoms with Crippen molar-refractivity contribution in [3.63, 3.8) is 0 Å². The molecule has 0 radical (unpaired) electrons. The molecule has 74 valence electrons. The number of nitrogen functional groups attached to an aromatic ring is 1. The smallest absolute Gasteiger partial charge is 0.0373 e. The number of nitrogens with two attached hydrogens (primary N) is 1. The first kappa shape index (κ1) is 9.13. The molecule has 0 saturated heterocycles. The third kappa shape index (κ3) is 1.90. The molecule has 2 nitrogen and oxygen atoms in total. The molecule has 0 aromatic heterocycles. The summed E-state index contributed by atoms with van der Waals surface area (Å²) in [5.74, 6) is 0. The van der Waals surface area contributed by atoms with Crippen LogP contribution in [0.2, 0.25) is 0 Å². The molecule has 1 aromatic carbocycles. The van der Waals surface area contributed by atoms with Crippen LogP contribution in [0.25, 0.3) is 0 Å². The average Bonchev–Trinajstić information content (AvgIpc) is 2.62. The Kier molecular flexibility index (Phi) is 2.44. The van der Waals surface area contributed by atoms with E-state index in [1.165, 1.54) is 11.3 Å². The highest BCUT2D eigenvalue weighted by molar-refractivity contribution is 5.58. The van der Waals surface area contributed by atoms with Crippen molar-refractivity contribution in [2.24, 2.45) is 0 Å². The highest BCUT2D eigenvalue weighted by atomic mass is 14.9. The van der Waals surface area contributed by atoms with Gasteiger partial charge in [-0.1, -0.05) is 12.2 Å². The van der Waals surface area contributed by atoms with Crippen molar-refractivity contribution < 1.29 is 0 Å². The van der Waals surface area contributed by atoms with Crippen molar-refractivity contribution >= 4 is 11.4 Å². The lowest BCUT2D eigenvalue weighted by Gasteiger charge is -2.15. The quantitative estimate of drug-likeness (QED) is 0.553. The minimum absolute atomic E-state index is 0.567. The molecule has 1 aliphatic rings. The normalized spacial score (nSPS) is 16.1. The van der Waals surface area contributed by atoms with Crippen LogP contribution in [0, 0.1) is 6.92 Å². The van der Waals surface area contributed by atoms with Gasteiger partial charge in [-0.25, -0.2) is 0 Å². The molecule has 2 heteroatoms. The zero-order valence-electron chi connectivity index (χ0n) is 8.46. The van der Waals surface area contributed by atoms with Crippen molar-refractivity contribution in [3.8, 4) is 0 Å². The Labute approximate surface area is 84.8 Å². The fourth-order valence-corrected chi connectivity index (χ4v) is 1.80. The molecule has 0 aliphatic heterocycles. The van der Waals surface area contributed by atoms with E-state index in [0.29, 0.717) is 6.04 Å². The summed E-state index contributed by atoms with van der Waals surface area (Å²) in [7, 11) is 0. The third-order valence-electron chi connectivity index (χ3n) is 2.62. The molecular formula is C12H16N2. The highest BCUT2D eigenvalue weighted by Gasteiger charge is 2.10. The van der Waals surface area contributed by atoms with Gasteiger partial charge in [0.1, 0.15) is 0 Å². The largest absolute Gasteiger partial charge is 0.399 e. The molecule has 0 amide bonds. The van der Waals surface area contributed by atoms with Crippen LogP contribution in [0.4, 0.5) is 11.4 Å². The molecular weight excluding hydrogens is 172 g/mol. The molecule has 0 fully saturated rings. The molecule has 0 spiro atoms. The predicted octanol–water partition coefficient (Wildman–Crippen LogP) is 2.71. The lowest BCUT2D eigenvalue weighted by molar-refractivity contribution is 0.785. The van der Waals surface area contributed by atoms with E-state index in [9.17, 15) is 0 Å². The highest BCUT2D eigenvalue weighted by Crippen LogP contribution is 2.21. The van der Waals surface area contributed by atoms with E-state index in [2.05, 4.69) is 30.5 Å². The summed E-state index contributed by atoms with van der Waals surface area (Å²) in [5.41, 5.74) is 8.95. The monoisotopic (exact) mass is 188 g/mol. The molecule has 1 aliphatic carbocycles. The Balaban J connectivity index is 2.08. The Bertz CT molecular complexity index is 347. The van der Waals surface area contributed by atoms with E-state index in [1.807, 2.05) is 12.1 Å². The number of aryl methyl sites for hydroxylation is 1. The summed E-state index contributed by atoms with van der Waals surface area (Å²) in [4.78, 5) is 0. The second kappa shape index (κ2) is 3.74. The zero-order chi connectivity index (χ0) is 9.97. The maximum Gasteiger partial charge on any atom is 0.0373 e. The van der Waals surface area contributed by atoms with Gasteiger partial charge in [0.2, 0.25) is 0 Å². The minimum Gasteiger partial charge on any atom is -0.399 e. The van der Waals surface area contributed by atoms with Gasteiger partial charge in [-0.2, -0.15) is 0 Å². The first-order valence-electron chi connectivity index (χ1n) is 5.03. The second-order valence-electron chi connectivity index (χ2n) is 3.86. The van der Waals surface area contributed by atoms with Crippen molar-refractivity contribution in [3.05, 3.63) is 35.9 Å². The summed E-state index contributed by atoms with van der Waals surface area (Å²) in [6.07, 6.45) is 6.71. The Morgan fingerprint density at radius 2 is 2.00 bits per heavy atom. The Hall–Kier alpha value is -1.44. The van der Waals surface area contributed by atoms with Crippen molar-refractivity contribution in [1.82, 2.24) is 0 Å². The lowest BCUT2D eigenvalue weighted by Crippen LogP contribution is -2.15. The van der Waals surface area contributed by atoms with Crippen LogP contribution in [0.1, 0.15) is 18.4 Å². The Morgan fingerprint density at radius 1 is 1.29 bits per heavy atom. The molecule has 0 heterocycles. The van der Waals surface area contributed by atoms with E-state index < -0.39 is 0 Å². The van der Waals surface area contributed by atoms with Gasteiger partial charge in [0.05, 0.1) is 0 Å². The summed E-state index contributed by atoms with van der Waals surface area (Å²) >= 11 is 0. The van der Waals surface area contributed by atoms with Crippen LogP contribution in [-0.2, 0) is 0 Å². The second-order valence-corrected chi connectivity index (χ2v) is 3.86. The molecule has 0 bridgehead atoms. The maximum atomic E-state index is 5.70. The number of anilines is 2. The van der Waals surface area contributed by atoms with Gasteiger partial charge in [-0.3, -0.25) is 0 Å². The maximum absolute atomic E-state index is 5.70. The predicted molar refractivity (Wildman–Crippen MR) is 61.4 cm³/mol. The number of benzene rings is 1. The SMILES string of the molecule is Cc1cc(N)ccc1NC1CC=CC1. The number of nitrogens with one attached hydrogen (secondary N) is 1. The summed E-state index contributed by atoms with van der Waals surface area (Å²) in [5, 5.41) is 3.52. The summed E-state index contributed by atoms with van der Waals surface area (Å²) in [6.45, 7) is 2.08. The van der Waals surface area contributed by atoms with Crippen LogP contribution in [0.15, 0.2) is 30.4 Å². The first-order valence-corrected chi connectivity index (χ1v) is 5.03. The van der Waals surface area contributed by atoms with E-state index >= 15 is 0 Å². The van der Waals surface area contributed by atoms with E-state index in [-0.39, 0.29) is 0 Å². The van der Waals surface area contributed by atoms with Crippen molar-refractivity contribution in [2.75, 3.05) is 11.1 Å². The van der Waals surface area contributed by atoms with Crippen molar-refractivity contribution in [1.29, 1.82) is 0 Å². The lowest BCUT2D eigenvalue weighted by atomic mass is 10.1. The standard InChI is InChI=1S/C12H16N2/c1-9-8-10(13)6-7-12(9)14-11-4-2-3-5-11/h2-3,6-8,11,14H,4-5,13H2,1H3. The van der Waals surface area contributed by atoms with Gasteiger partial charge in [0.25, 0.3) is 0 Å². The molecule has 14 heavy (non-hydrogen) atoms. The number of rotatable bonds is 2. The van der Waals surface area contributed by atoms with Crippen LogP contribution < -0.4 is 11.1 Å². The van der Waals surface area contributed by atoms with Gasteiger partial charge in [-0.15, -0.1) is 0 Å². The van der Waals surface area contributed by atoms with Gasteiger partial charge >= 0.3 is 0 Å². The van der Waals surface area contributed by atoms with Crippen LogP contribution in [0.3, 0.4) is 0 Å². The fraction of sp³-hybridized carbons (Fsp3) is 0.333. The molecule has 0 unspecified atom stereocenters.